The molecule has 6 N–H and O–H groups in total. The Balaban J connectivity index is 1.80. The normalized spacial score (nSPS) is 28.4. The Bertz CT molecular complexity index is 1080. The maximum absolute atomic E-state index is 15.4. The number of hydrogen-bond acceptors (Lipinski definition) is 9. The molecule has 2 aliphatic rings. The number of hydrogen-bond donors (Lipinski definition) is 5. The van der Waals surface area contributed by atoms with Gasteiger partial charge in [-0.3, -0.25) is 0 Å². The molecule has 5 unspecified atom stereocenters. The van der Waals surface area contributed by atoms with Gasteiger partial charge in [0.1, 0.15) is 31.0 Å². The summed E-state index contributed by atoms with van der Waals surface area (Å²) in [7, 11) is 0. The molecule has 6 atom stereocenters. The van der Waals surface area contributed by atoms with E-state index in [0.29, 0.717) is 10.6 Å². The zero-order valence-electron chi connectivity index (χ0n) is 17.9. The molecule has 184 valence electrons. The summed E-state index contributed by atoms with van der Waals surface area (Å²) in [5.41, 5.74) is 7.21. The molecule has 1 fully saturated rings. The highest BCUT2D eigenvalue weighted by Gasteiger charge is 2.49. The minimum Gasteiger partial charge on any atom is -0.482 e. The minimum absolute atomic E-state index is 0.0442. The van der Waals surface area contributed by atoms with Crippen LogP contribution < -0.4 is 19.9 Å². The maximum Gasteiger partial charge on any atom is 0.335 e. The molecule has 2 aromatic carbocycles. The Morgan fingerprint density at radius 2 is 1.97 bits per heavy atom. The Kier molecular flexibility index (Phi) is 6.85. The summed E-state index contributed by atoms with van der Waals surface area (Å²) in [5.74, 6) is -3.21. The summed E-state index contributed by atoms with van der Waals surface area (Å²) in [4.78, 5) is 11.4. The summed E-state index contributed by atoms with van der Waals surface area (Å²) >= 11 is 6.38. The summed E-state index contributed by atoms with van der Waals surface area (Å²) in [5, 5.41) is 39.7. The van der Waals surface area contributed by atoms with E-state index in [4.69, 9.17) is 36.3 Å². The molecular weight excluding hydrogens is 477 g/mol. The molecule has 2 heterocycles. The van der Waals surface area contributed by atoms with Gasteiger partial charge in [-0.15, -0.1) is 0 Å². The summed E-state index contributed by atoms with van der Waals surface area (Å²) in [6.07, 6.45) is -10.1. The highest BCUT2D eigenvalue weighted by Crippen LogP contribution is 2.51. The molecule has 0 bridgehead atoms. The van der Waals surface area contributed by atoms with Crippen molar-refractivity contribution in [3.05, 3.63) is 40.7 Å². The van der Waals surface area contributed by atoms with Crippen LogP contribution in [0.5, 0.6) is 17.2 Å². The van der Waals surface area contributed by atoms with Crippen LogP contribution in [-0.2, 0) is 9.53 Å². The number of aliphatic carboxylic acids is 1. The third-order valence-electron chi connectivity index (χ3n) is 5.64. The number of benzene rings is 2. The second-order valence-electron chi connectivity index (χ2n) is 7.96. The molecule has 4 rings (SSSR count). The van der Waals surface area contributed by atoms with Crippen LogP contribution in [0, 0.1) is 12.7 Å². The monoisotopic (exact) mass is 499 g/mol. The van der Waals surface area contributed by atoms with Crippen molar-refractivity contribution in [3.63, 3.8) is 0 Å². The second kappa shape index (κ2) is 9.53. The molecular formula is C22H23ClFNO9. The van der Waals surface area contributed by atoms with Gasteiger partial charge in [-0.2, -0.15) is 0 Å². The highest BCUT2D eigenvalue weighted by atomic mass is 35.5. The van der Waals surface area contributed by atoms with Crippen molar-refractivity contribution in [1.29, 1.82) is 0 Å². The van der Waals surface area contributed by atoms with Gasteiger partial charge in [0.15, 0.2) is 17.7 Å². The number of rotatable bonds is 5. The van der Waals surface area contributed by atoms with Crippen molar-refractivity contribution in [3.8, 4) is 28.4 Å². The van der Waals surface area contributed by atoms with Crippen LogP contribution in [0.1, 0.15) is 5.56 Å². The number of aliphatic hydroxyl groups excluding tert-OH is 3. The van der Waals surface area contributed by atoms with E-state index in [1.54, 1.807) is 25.1 Å². The van der Waals surface area contributed by atoms with Gasteiger partial charge in [-0.05, 0) is 24.6 Å². The van der Waals surface area contributed by atoms with Crippen molar-refractivity contribution in [2.45, 2.75) is 43.7 Å². The van der Waals surface area contributed by atoms with Crippen LogP contribution in [-0.4, -0.2) is 76.4 Å². The van der Waals surface area contributed by atoms with Crippen LogP contribution >= 0.6 is 11.6 Å². The third kappa shape index (κ3) is 4.26. The fraction of sp³-hybridized carbons (Fsp3) is 0.409. The summed E-state index contributed by atoms with van der Waals surface area (Å²) < 4.78 is 37.6. The Morgan fingerprint density at radius 3 is 2.62 bits per heavy atom. The maximum atomic E-state index is 15.4. The molecule has 10 nitrogen and oxygen atoms in total. The molecule has 1 saturated heterocycles. The molecule has 0 aliphatic carbocycles. The first-order chi connectivity index (χ1) is 16.1. The van der Waals surface area contributed by atoms with Gasteiger partial charge in [0.2, 0.25) is 17.8 Å². The number of aryl methyl sites for hydroxylation is 1. The van der Waals surface area contributed by atoms with Crippen molar-refractivity contribution in [2.75, 3.05) is 13.2 Å². The quantitative estimate of drug-likeness (QED) is 0.398. The summed E-state index contributed by atoms with van der Waals surface area (Å²) in [6, 6.07) is 6.25. The van der Waals surface area contributed by atoms with Gasteiger partial charge in [0.05, 0.1) is 0 Å². The zero-order valence-corrected chi connectivity index (χ0v) is 18.6. The SMILES string of the molecule is Cc1cccc(Cl)c1-c1cc(F)c(OC2OC(C(=O)O)C(O)C(O)C2O)c2c1O[C@@H](CN)CO2. The van der Waals surface area contributed by atoms with E-state index in [0.717, 1.165) is 11.6 Å². The van der Waals surface area contributed by atoms with E-state index in [9.17, 15) is 25.2 Å². The Morgan fingerprint density at radius 1 is 1.24 bits per heavy atom. The average molecular weight is 500 g/mol. The van der Waals surface area contributed by atoms with Gasteiger partial charge in [0.25, 0.3) is 0 Å². The van der Waals surface area contributed by atoms with E-state index >= 15 is 4.39 Å². The van der Waals surface area contributed by atoms with Crippen LogP contribution in [0.15, 0.2) is 24.3 Å². The number of carboxylic acids is 1. The molecule has 0 aromatic heterocycles. The predicted octanol–water partition coefficient (Wildman–Crippen LogP) is 0.824. The molecule has 2 aliphatic heterocycles. The van der Waals surface area contributed by atoms with Crippen LogP contribution in [0.4, 0.5) is 4.39 Å². The van der Waals surface area contributed by atoms with Gasteiger partial charge in [-0.1, -0.05) is 23.7 Å². The first-order valence-corrected chi connectivity index (χ1v) is 10.7. The smallest absolute Gasteiger partial charge is 0.335 e. The number of nitrogens with two attached hydrogens (primary N) is 1. The lowest BCUT2D eigenvalue weighted by atomic mass is 9.97. The van der Waals surface area contributed by atoms with E-state index in [-0.39, 0.29) is 30.2 Å². The number of aliphatic hydroxyl groups is 3. The van der Waals surface area contributed by atoms with Crippen molar-refractivity contribution < 1.29 is 48.6 Å². The molecule has 34 heavy (non-hydrogen) atoms. The largest absolute Gasteiger partial charge is 0.482 e. The average Bonchev–Trinajstić information content (AvgIpc) is 2.80. The van der Waals surface area contributed by atoms with Gasteiger partial charge in [-0.25, -0.2) is 9.18 Å². The molecule has 0 radical (unpaired) electrons. The Labute approximate surface area is 198 Å². The fourth-order valence-corrected chi connectivity index (χ4v) is 4.19. The molecule has 0 spiro atoms. The molecule has 12 heteroatoms. The number of fused-ring (bicyclic) bond motifs is 1. The first kappa shape index (κ1) is 24.5. The van der Waals surface area contributed by atoms with Crippen molar-refractivity contribution in [1.82, 2.24) is 0 Å². The molecule has 0 amide bonds. The van der Waals surface area contributed by atoms with Gasteiger partial charge >= 0.3 is 5.97 Å². The van der Waals surface area contributed by atoms with Crippen molar-refractivity contribution >= 4 is 17.6 Å². The van der Waals surface area contributed by atoms with Crippen LogP contribution in [0.3, 0.4) is 0 Å². The lowest BCUT2D eigenvalue weighted by Gasteiger charge is -2.39. The number of halogens is 2. The third-order valence-corrected chi connectivity index (χ3v) is 5.96. The fourth-order valence-electron chi connectivity index (χ4n) is 3.87. The van der Waals surface area contributed by atoms with Crippen LogP contribution in [0.25, 0.3) is 11.1 Å². The number of carboxylic acid groups (broad SMARTS) is 1. The van der Waals surface area contributed by atoms with E-state index in [1.165, 1.54) is 0 Å². The van der Waals surface area contributed by atoms with E-state index in [2.05, 4.69) is 0 Å². The summed E-state index contributed by atoms with van der Waals surface area (Å²) in [6.45, 7) is 1.84. The Hall–Kier alpha value is -2.67. The van der Waals surface area contributed by atoms with Crippen molar-refractivity contribution in [2.24, 2.45) is 5.73 Å². The topological polar surface area (TPSA) is 161 Å². The second-order valence-corrected chi connectivity index (χ2v) is 8.37. The zero-order chi connectivity index (χ0) is 24.7. The highest BCUT2D eigenvalue weighted by molar-refractivity contribution is 6.33. The minimum atomic E-state index is -1.93. The number of carbonyl (C=O) groups is 1. The molecule has 2 aromatic rings. The lowest BCUT2D eigenvalue weighted by Crippen LogP contribution is -2.61. The van der Waals surface area contributed by atoms with Gasteiger partial charge < -0.3 is 45.1 Å². The van der Waals surface area contributed by atoms with E-state index in [1.807, 2.05) is 0 Å². The first-order valence-electron chi connectivity index (χ1n) is 10.3. The predicted molar refractivity (Wildman–Crippen MR) is 115 cm³/mol. The van der Waals surface area contributed by atoms with E-state index < -0.39 is 54.3 Å². The van der Waals surface area contributed by atoms with Crippen LogP contribution in [0.2, 0.25) is 5.02 Å². The molecule has 0 saturated carbocycles. The standard InChI is InChI=1S/C22H23ClFNO9/c1-8-3-2-4-11(23)13(8)10-5-12(24)18(20-17(10)32-9(6-25)7-31-20)33-22-16(28)14(26)15(27)19(34-22)21(29)30/h2-5,9,14-16,19,22,26-28H,6-7,25H2,1H3,(H,29,30)/t9-,14?,15?,16?,19?,22?/m0/s1. The van der Waals surface area contributed by atoms with Gasteiger partial charge in [0, 0.05) is 22.7 Å². The lowest BCUT2D eigenvalue weighted by molar-refractivity contribution is -0.271. The number of ether oxygens (including phenoxy) is 4.